The molecule has 0 N–H and O–H groups in total. The first-order chi connectivity index (χ1) is 11.1. The van der Waals surface area contributed by atoms with Gasteiger partial charge in [-0.2, -0.15) is 5.10 Å². The first kappa shape index (κ1) is 15.5. The normalized spacial score (nSPS) is 12.3. The molecule has 5 heteroatoms. The van der Waals surface area contributed by atoms with Crippen LogP contribution in [0, 0.1) is 12.4 Å². The summed E-state index contributed by atoms with van der Waals surface area (Å²) in [7, 11) is 1.87. The van der Waals surface area contributed by atoms with Crippen molar-refractivity contribution in [3.63, 3.8) is 0 Å². The monoisotopic (exact) mass is 327 g/mol. The van der Waals surface area contributed by atoms with Crippen LogP contribution in [0.5, 0.6) is 0 Å². The van der Waals surface area contributed by atoms with Gasteiger partial charge in [-0.15, -0.1) is 0 Å². The second-order valence-corrected chi connectivity index (χ2v) is 5.85. The Morgan fingerprint density at radius 3 is 2.83 bits per heavy atom. The van der Waals surface area contributed by atoms with Crippen LogP contribution in [0.2, 0.25) is 5.02 Å². The Morgan fingerprint density at radius 1 is 1.30 bits per heavy atom. The Morgan fingerprint density at radius 2 is 2.09 bits per heavy atom. The molecule has 0 fully saturated rings. The lowest BCUT2D eigenvalue weighted by Gasteiger charge is -2.14. The van der Waals surface area contributed by atoms with Gasteiger partial charge in [-0.3, -0.25) is 4.68 Å². The van der Waals surface area contributed by atoms with Gasteiger partial charge in [0.15, 0.2) is 0 Å². The standard InChI is InChI=1S/C18H15ClFN3/c1-21-10-9-14(13-8-7-12(19)11-16(13)20)18-15-5-3-4-6-17(15)23(2)22-18/h3-8,11,14H,9-10H2,2H3. The molecule has 116 valence electrons. The summed E-state index contributed by atoms with van der Waals surface area (Å²) in [5, 5.41) is 5.94. The number of aryl methyl sites for hydroxylation is 1. The van der Waals surface area contributed by atoms with Gasteiger partial charge in [0.05, 0.1) is 11.2 Å². The first-order valence-corrected chi connectivity index (χ1v) is 7.69. The van der Waals surface area contributed by atoms with E-state index in [0.717, 1.165) is 16.6 Å². The number of halogens is 2. The van der Waals surface area contributed by atoms with Gasteiger partial charge in [-0.1, -0.05) is 35.9 Å². The van der Waals surface area contributed by atoms with E-state index in [-0.39, 0.29) is 11.7 Å². The third-order valence-electron chi connectivity index (χ3n) is 3.98. The van der Waals surface area contributed by atoms with Gasteiger partial charge < -0.3 is 4.85 Å². The van der Waals surface area contributed by atoms with Crippen LogP contribution < -0.4 is 0 Å². The van der Waals surface area contributed by atoms with Gasteiger partial charge in [0, 0.05) is 29.8 Å². The lowest BCUT2D eigenvalue weighted by molar-refractivity contribution is 0.584. The Hall–Kier alpha value is -2.38. The molecule has 1 atom stereocenters. The Kier molecular flexibility index (Phi) is 4.31. The molecule has 0 spiro atoms. The van der Waals surface area contributed by atoms with Crippen LogP contribution in [0.1, 0.15) is 23.6 Å². The summed E-state index contributed by atoms with van der Waals surface area (Å²) in [6.07, 6.45) is 0.517. The number of fused-ring (bicyclic) bond motifs is 1. The maximum absolute atomic E-state index is 14.4. The average molecular weight is 328 g/mol. The van der Waals surface area contributed by atoms with Crippen molar-refractivity contribution in [2.45, 2.75) is 12.3 Å². The van der Waals surface area contributed by atoms with Gasteiger partial charge in [-0.05, 0) is 23.8 Å². The maximum Gasteiger partial charge on any atom is 0.215 e. The minimum absolute atomic E-state index is 0.271. The van der Waals surface area contributed by atoms with E-state index >= 15 is 0 Å². The smallest absolute Gasteiger partial charge is 0.215 e. The highest BCUT2D eigenvalue weighted by molar-refractivity contribution is 6.30. The van der Waals surface area contributed by atoms with E-state index in [4.69, 9.17) is 18.2 Å². The van der Waals surface area contributed by atoms with Gasteiger partial charge in [-0.25, -0.2) is 11.0 Å². The molecule has 0 aliphatic carbocycles. The number of hydrogen-bond donors (Lipinski definition) is 0. The fraction of sp³-hybridized carbons (Fsp3) is 0.222. The number of aromatic nitrogens is 2. The molecule has 2 aromatic carbocycles. The number of benzene rings is 2. The maximum atomic E-state index is 14.4. The number of para-hydroxylation sites is 1. The molecule has 0 saturated heterocycles. The molecule has 0 radical (unpaired) electrons. The van der Waals surface area contributed by atoms with Gasteiger partial charge in [0.1, 0.15) is 5.82 Å². The van der Waals surface area contributed by atoms with Crippen molar-refractivity contribution in [3.05, 3.63) is 76.0 Å². The summed E-state index contributed by atoms with van der Waals surface area (Å²) >= 11 is 5.86. The quantitative estimate of drug-likeness (QED) is 0.630. The van der Waals surface area contributed by atoms with Crippen LogP contribution in [0.4, 0.5) is 4.39 Å². The van der Waals surface area contributed by atoms with Crippen LogP contribution in [0.15, 0.2) is 42.5 Å². The zero-order chi connectivity index (χ0) is 16.4. The molecular formula is C18H15ClFN3. The van der Waals surface area contributed by atoms with Crippen molar-refractivity contribution in [1.82, 2.24) is 9.78 Å². The van der Waals surface area contributed by atoms with Gasteiger partial charge in [0.2, 0.25) is 6.54 Å². The molecule has 0 aliphatic heterocycles. The molecule has 0 aliphatic rings. The number of hydrogen-bond acceptors (Lipinski definition) is 1. The largest absolute Gasteiger partial charge is 0.317 e. The number of nitrogens with zero attached hydrogens (tertiary/aromatic N) is 3. The summed E-state index contributed by atoms with van der Waals surface area (Å²) in [4.78, 5) is 3.43. The van der Waals surface area contributed by atoms with Crippen molar-refractivity contribution in [2.24, 2.45) is 7.05 Å². The van der Waals surface area contributed by atoms with E-state index in [2.05, 4.69) is 9.94 Å². The van der Waals surface area contributed by atoms with Crippen LogP contribution in [-0.4, -0.2) is 16.3 Å². The SMILES string of the molecule is [C-]#[N+]CCC(c1ccc(Cl)cc1F)c1nn(C)c2ccccc12. The molecule has 3 nitrogen and oxygen atoms in total. The average Bonchev–Trinajstić information content (AvgIpc) is 2.87. The highest BCUT2D eigenvalue weighted by Crippen LogP contribution is 2.34. The minimum atomic E-state index is -0.359. The van der Waals surface area contributed by atoms with Crippen molar-refractivity contribution in [3.8, 4) is 0 Å². The van der Waals surface area contributed by atoms with E-state index in [9.17, 15) is 4.39 Å². The van der Waals surface area contributed by atoms with Gasteiger partial charge in [0.25, 0.3) is 0 Å². The topological polar surface area (TPSA) is 22.2 Å². The third-order valence-corrected chi connectivity index (χ3v) is 4.22. The Balaban J connectivity index is 2.17. The van der Waals surface area contributed by atoms with Gasteiger partial charge >= 0.3 is 0 Å². The fourth-order valence-electron chi connectivity index (χ4n) is 2.92. The molecule has 23 heavy (non-hydrogen) atoms. The fourth-order valence-corrected chi connectivity index (χ4v) is 3.08. The molecule has 3 rings (SSSR count). The summed E-state index contributed by atoms with van der Waals surface area (Å²) < 4.78 is 16.2. The molecule has 1 aromatic heterocycles. The van der Waals surface area contributed by atoms with Crippen molar-refractivity contribution >= 4 is 22.5 Å². The second-order valence-electron chi connectivity index (χ2n) is 5.41. The lowest BCUT2D eigenvalue weighted by atomic mass is 9.90. The summed E-state index contributed by atoms with van der Waals surface area (Å²) in [5.74, 6) is -0.630. The highest BCUT2D eigenvalue weighted by Gasteiger charge is 2.24. The molecular weight excluding hydrogens is 313 g/mol. The molecule has 0 bridgehead atoms. The van der Waals surface area contributed by atoms with E-state index in [1.54, 1.807) is 16.8 Å². The lowest BCUT2D eigenvalue weighted by Crippen LogP contribution is -2.07. The van der Waals surface area contributed by atoms with E-state index < -0.39 is 0 Å². The molecule has 1 unspecified atom stereocenters. The van der Waals surface area contributed by atoms with E-state index in [1.165, 1.54) is 6.07 Å². The van der Waals surface area contributed by atoms with E-state index in [0.29, 0.717) is 23.6 Å². The zero-order valence-electron chi connectivity index (χ0n) is 12.6. The predicted molar refractivity (Wildman–Crippen MR) is 90.1 cm³/mol. The molecule has 1 heterocycles. The second kappa shape index (κ2) is 6.39. The Bertz CT molecular complexity index is 895. The van der Waals surface area contributed by atoms with Crippen molar-refractivity contribution in [2.75, 3.05) is 6.54 Å². The third kappa shape index (κ3) is 2.93. The van der Waals surface area contributed by atoms with Crippen LogP contribution >= 0.6 is 11.6 Å². The highest BCUT2D eigenvalue weighted by atomic mass is 35.5. The van der Waals surface area contributed by atoms with Crippen molar-refractivity contribution in [1.29, 1.82) is 0 Å². The summed E-state index contributed by atoms with van der Waals surface area (Å²) in [6, 6.07) is 12.5. The minimum Gasteiger partial charge on any atom is -0.317 e. The summed E-state index contributed by atoms with van der Waals surface area (Å²) in [5.41, 5.74) is 2.32. The van der Waals surface area contributed by atoms with Crippen LogP contribution in [0.25, 0.3) is 15.7 Å². The zero-order valence-corrected chi connectivity index (χ0v) is 13.4. The number of rotatable bonds is 4. The van der Waals surface area contributed by atoms with Crippen LogP contribution in [-0.2, 0) is 7.05 Å². The first-order valence-electron chi connectivity index (χ1n) is 7.31. The Labute approximate surface area is 139 Å². The molecule has 0 saturated carbocycles. The molecule has 3 aromatic rings. The van der Waals surface area contributed by atoms with Crippen molar-refractivity contribution < 1.29 is 4.39 Å². The van der Waals surface area contributed by atoms with E-state index in [1.807, 2.05) is 31.3 Å². The summed E-state index contributed by atoms with van der Waals surface area (Å²) in [6.45, 7) is 7.38. The molecule has 0 amide bonds. The predicted octanol–water partition coefficient (Wildman–Crippen LogP) is 4.81. The van der Waals surface area contributed by atoms with Crippen LogP contribution in [0.3, 0.4) is 0 Å².